The summed E-state index contributed by atoms with van der Waals surface area (Å²) in [5.74, 6) is 1.62. The van der Waals surface area contributed by atoms with Crippen molar-refractivity contribution in [1.82, 2.24) is 0 Å². The van der Waals surface area contributed by atoms with Crippen molar-refractivity contribution >= 4 is 27.5 Å². The summed E-state index contributed by atoms with van der Waals surface area (Å²) < 4.78 is 12.6. The van der Waals surface area contributed by atoms with E-state index in [-0.39, 0.29) is 12.5 Å². The summed E-state index contributed by atoms with van der Waals surface area (Å²) in [6.45, 7) is 7.08. The van der Waals surface area contributed by atoms with Gasteiger partial charge in [0, 0.05) is 16.2 Å². The van der Waals surface area contributed by atoms with Gasteiger partial charge in [-0.25, -0.2) is 0 Å². The van der Waals surface area contributed by atoms with Crippen molar-refractivity contribution in [3.05, 3.63) is 52.5 Å². The van der Waals surface area contributed by atoms with E-state index in [1.165, 1.54) is 25.7 Å². The van der Waals surface area contributed by atoms with Crippen LogP contribution in [0, 0.1) is 0 Å². The van der Waals surface area contributed by atoms with Gasteiger partial charge in [-0.05, 0) is 48.2 Å². The van der Waals surface area contributed by atoms with Gasteiger partial charge < -0.3 is 14.8 Å². The minimum atomic E-state index is -0.195. The predicted octanol–water partition coefficient (Wildman–Crippen LogP) is 6.94. The number of nitrogens with one attached hydrogen (secondary N) is 1. The van der Waals surface area contributed by atoms with Gasteiger partial charge in [0.1, 0.15) is 11.5 Å². The van der Waals surface area contributed by atoms with Crippen LogP contribution < -0.4 is 14.8 Å². The molecule has 0 unspecified atom stereocenters. The fourth-order valence-corrected chi connectivity index (χ4v) is 3.38. The molecule has 5 heteroatoms. The molecule has 158 valence electrons. The van der Waals surface area contributed by atoms with E-state index >= 15 is 0 Å². The lowest BCUT2D eigenvalue weighted by Gasteiger charge is -2.14. The van der Waals surface area contributed by atoms with Crippen molar-refractivity contribution in [3.63, 3.8) is 0 Å². The molecule has 0 fully saturated rings. The second kappa shape index (κ2) is 12.5. The zero-order valence-electron chi connectivity index (χ0n) is 17.7. The maximum atomic E-state index is 12.3. The molecule has 1 amide bonds. The molecule has 0 heterocycles. The Balaban J connectivity index is 1.82. The Kier molecular flexibility index (Phi) is 10.1. The summed E-state index contributed by atoms with van der Waals surface area (Å²) in [7, 11) is 0. The third-order valence-corrected chi connectivity index (χ3v) is 5.08. The molecule has 0 aliphatic rings. The summed E-state index contributed by atoms with van der Waals surface area (Å²) >= 11 is 3.48. The monoisotopic (exact) mass is 461 g/mol. The van der Waals surface area contributed by atoms with Crippen LogP contribution in [0.25, 0.3) is 0 Å². The zero-order chi connectivity index (χ0) is 21.1. The molecule has 1 N–H and O–H groups in total. The number of halogens is 1. The zero-order valence-corrected chi connectivity index (χ0v) is 19.3. The normalized spacial score (nSPS) is 10.8. The van der Waals surface area contributed by atoms with E-state index in [2.05, 4.69) is 42.0 Å². The minimum Gasteiger partial charge on any atom is -0.494 e. The highest BCUT2D eigenvalue weighted by Crippen LogP contribution is 2.29. The quantitative estimate of drug-likeness (QED) is 0.348. The van der Waals surface area contributed by atoms with Gasteiger partial charge in [0.25, 0.3) is 5.91 Å². The van der Waals surface area contributed by atoms with Crippen molar-refractivity contribution < 1.29 is 14.3 Å². The van der Waals surface area contributed by atoms with E-state index in [0.717, 1.165) is 28.0 Å². The van der Waals surface area contributed by atoms with Gasteiger partial charge >= 0.3 is 0 Å². The van der Waals surface area contributed by atoms with E-state index < -0.39 is 0 Å². The number of amides is 1. The van der Waals surface area contributed by atoms with Crippen molar-refractivity contribution in [3.8, 4) is 11.5 Å². The maximum Gasteiger partial charge on any atom is 0.262 e. The van der Waals surface area contributed by atoms with Gasteiger partial charge in [-0.15, -0.1) is 0 Å². The fourth-order valence-electron chi connectivity index (χ4n) is 3.00. The highest BCUT2D eigenvalue weighted by molar-refractivity contribution is 9.10. The minimum absolute atomic E-state index is 0.0378. The molecule has 0 aliphatic carbocycles. The van der Waals surface area contributed by atoms with Crippen molar-refractivity contribution in [2.24, 2.45) is 0 Å². The Morgan fingerprint density at radius 1 is 1.03 bits per heavy atom. The first-order valence-electron chi connectivity index (χ1n) is 10.4. The van der Waals surface area contributed by atoms with Crippen LogP contribution in [-0.4, -0.2) is 19.1 Å². The molecular weight excluding hydrogens is 430 g/mol. The summed E-state index contributed by atoms with van der Waals surface area (Å²) in [6, 6.07) is 13.3. The van der Waals surface area contributed by atoms with Crippen molar-refractivity contribution in [2.75, 3.05) is 18.5 Å². The number of hydrogen-bond donors (Lipinski definition) is 1. The van der Waals surface area contributed by atoms with Crippen molar-refractivity contribution in [2.45, 2.75) is 58.8 Å². The lowest BCUT2D eigenvalue weighted by Crippen LogP contribution is -2.20. The molecule has 29 heavy (non-hydrogen) atoms. The Hall–Kier alpha value is -2.01. The Bertz CT molecular complexity index is 776. The number of anilines is 1. The molecule has 0 aromatic heterocycles. The van der Waals surface area contributed by atoms with Gasteiger partial charge in [-0.3, -0.25) is 4.79 Å². The Morgan fingerprint density at radius 3 is 2.59 bits per heavy atom. The summed E-state index contributed by atoms with van der Waals surface area (Å²) in [4.78, 5) is 12.3. The SMILES string of the molecule is CCCCCCCOc1cccc(NC(=O)COc2ccc(Br)cc2C(C)C)c1. The molecule has 2 rings (SSSR count). The molecule has 0 radical (unpaired) electrons. The van der Waals surface area contributed by atoms with E-state index in [1.807, 2.05) is 42.5 Å². The summed E-state index contributed by atoms with van der Waals surface area (Å²) in [5.41, 5.74) is 1.78. The molecule has 4 nitrogen and oxygen atoms in total. The molecule has 0 atom stereocenters. The predicted molar refractivity (Wildman–Crippen MR) is 123 cm³/mol. The molecule has 2 aromatic carbocycles. The van der Waals surface area contributed by atoms with Gasteiger partial charge in [0.2, 0.25) is 0 Å². The lowest BCUT2D eigenvalue weighted by atomic mass is 10.0. The average molecular weight is 462 g/mol. The molecule has 2 aromatic rings. The number of unbranched alkanes of at least 4 members (excludes halogenated alkanes) is 4. The van der Waals surface area contributed by atoms with Crippen LogP contribution >= 0.6 is 15.9 Å². The topological polar surface area (TPSA) is 47.6 Å². The first kappa shape index (κ1) is 23.3. The lowest BCUT2D eigenvalue weighted by molar-refractivity contribution is -0.118. The second-order valence-electron chi connectivity index (χ2n) is 7.46. The highest BCUT2D eigenvalue weighted by atomic mass is 79.9. The van der Waals surface area contributed by atoms with E-state index in [4.69, 9.17) is 9.47 Å². The largest absolute Gasteiger partial charge is 0.494 e. The first-order valence-corrected chi connectivity index (χ1v) is 11.2. The van der Waals surface area contributed by atoms with Crippen molar-refractivity contribution in [1.29, 1.82) is 0 Å². The number of carbonyl (C=O) groups excluding carboxylic acids is 1. The number of benzene rings is 2. The Labute approximate surface area is 183 Å². The first-order chi connectivity index (χ1) is 14.0. The van der Waals surface area contributed by atoms with Crippen LogP contribution in [0.2, 0.25) is 0 Å². The number of rotatable bonds is 12. The summed E-state index contributed by atoms with van der Waals surface area (Å²) in [5, 5.41) is 2.88. The summed E-state index contributed by atoms with van der Waals surface area (Å²) in [6.07, 6.45) is 6.02. The number of hydrogen-bond acceptors (Lipinski definition) is 3. The second-order valence-corrected chi connectivity index (χ2v) is 8.38. The van der Waals surface area contributed by atoms with E-state index in [9.17, 15) is 4.79 Å². The smallest absolute Gasteiger partial charge is 0.262 e. The van der Waals surface area contributed by atoms with E-state index in [0.29, 0.717) is 18.2 Å². The molecule has 0 bridgehead atoms. The van der Waals surface area contributed by atoms with Crippen LogP contribution in [0.4, 0.5) is 5.69 Å². The highest BCUT2D eigenvalue weighted by Gasteiger charge is 2.11. The van der Waals surface area contributed by atoms with Crippen LogP contribution in [-0.2, 0) is 4.79 Å². The van der Waals surface area contributed by atoms with Crippen LogP contribution in [0.5, 0.6) is 11.5 Å². The average Bonchev–Trinajstić information content (AvgIpc) is 2.70. The van der Waals surface area contributed by atoms with Gasteiger partial charge in [-0.2, -0.15) is 0 Å². The molecule has 0 saturated heterocycles. The standard InChI is InChI=1S/C24H32BrNO3/c1-4-5-6-7-8-14-28-21-11-9-10-20(16-21)26-24(27)17-29-23-13-12-19(25)15-22(23)18(2)3/h9-13,15-16,18H,4-8,14,17H2,1-3H3,(H,26,27). The number of ether oxygens (including phenoxy) is 2. The van der Waals surface area contributed by atoms with Gasteiger partial charge in [0.15, 0.2) is 6.61 Å². The molecule has 0 saturated carbocycles. The van der Waals surface area contributed by atoms with Gasteiger partial charge in [0.05, 0.1) is 6.61 Å². The maximum absolute atomic E-state index is 12.3. The van der Waals surface area contributed by atoms with Crippen LogP contribution in [0.15, 0.2) is 46.9 Å². The molecule has 0 aliphatic heterocycles. The third-order valence-electron chi connectivity index (χ3n) is 4.59. The Morgan fingerprint density at radius 2 is 1.83 bits per heavy atom. The molecular formula is C24H32BrNO3. The third kappa shape index (κ3) is 8.48. The van der Waals surface area contributed by atoms with Gasteiger partial charge in [-0.1, -0.05) is 68.5 Å². The number of carbonyl (C=O) groups is 1. The fraction of sp³-hybridized carbons (Fsp3) is 0.458. The molecule has 0 spiro atoms. The van der Waals surface area contributed by atoms with E-state index in [1.54, 1.807) is 0 Å². The van der Waals surface area contributed by atoms with Crippen LogP contribution in [0.3, 0.4) is 0 Å². The van der Waals surface area contributed by atoms with Crippen LogP contribution in [0.1, 0.15) is 64.4 Å².